The zero-order valence-electron chi connectivity index (χ0n) is 54.3. The normalized spacial score (nSPS) is 24.2. The summed E-state index contributed by atoms with van der Waals surface area (Å²) >= 11 is 0. The molecule has 4 saturated heterocycles. The number of allylic oxidation sites excluding steroid dienone is 12. The Hall–Kier alpha value is -4.68. The molecule has 6 heterocycles. The Morgan fingerprint density at radius 1 is 0.612 bits per heavy atom. The molecule has 0 saturated carbocycles. The van der Waals surface area contributed by atoms with Crippen LogP contribution in [-0.4, -0.2) is 108 Å². The van der Waals surface area contributed by atoms with Gasteiger partial charge in [-0.15, -0.1) is 0 Å². The van der Waals surface area contributed by atoms with Crippen molar-refractivity contribution in [3.05, 3.63) is 135 Å². The lowest BCUT2D eigenvalue weighted by Gasteiger charge is -2.36. The van der Waals surface area contributed by atoms with Crippen molar-refractivity contribution in [1.82, 2.24) is 22.9 Å². The van der Waals surface area contributed by atoms with Gasteiger partial charge in [0.1, 0.15) is 36.6 Å². The molecule has 19 nitrogen and oxygen atoms in total. The summed E-state index contributed by atoms with van der Waals surface area (Å²) < 4.78 is 56.9. The van der Waals surface area contributed by atoms with Gasteiger partial charge >= 0.3 is 11.4 Å². The van der Waals surface area contributed by atoms with E-state index in [0.717, 1.165) is 62.5 Å². The van der Waals surface area contributed by atoms with Crippen LogP contribution in [0, 0.1) is 25.2 Å². The van der Waals surface area contributed by atoms with Gasteiger partial charge in [-0.2, -0.15) is 5.26 Å². The fourth-order valence-electron chi connectivity index (χ4n) is 10.9. The average Bonchev–Trinajstić information content (AvgIpc) is 2.11. The maximum atomic E-state index is 13.9. The Labute approximate surface area is 506 Å². The highest BCUT2D eigenvalue weighted by Gasteiger charge is 2.57. The number of aryl methyl sites for hydroxylation is 2. The molecule has 2 aromatic heterocycles. The minimum atomic E-state index is -1.51. The lowest BCUT2D eigenvalue weighted by molar-refractivity contribution is -0.200. The summed E-state index contributed by atoms with van der Waals surface area (Å²) in [5.41, 5.74) is 6.90. The van der Waals surface area contributed by atoms with Gasteiger partial charge in [0, 0.05) is 48.7 Å². The van der Waals surface area contributed by atoms with Crippen LogP contribution in [0.3, 0.4) is 0 Å². The van der Waals surface area contributed by atoms with Crippen LogP contribution in [0.5, 0.6) is 0 Å². The maximum Gasteiger partial charge on any atom is 0.333 e. The van der Waals surface area contributed by atoms with Crippen molar-refractivity contribution in [2.75, 3.05) is 19.8 Å². The first-order valence-electron chi connectivity index (χ1n) is 30.4. The van der Waals surface area contributed by atoms with Crippen LogP contribution in [-0.2, 0) is 50.6 Å². The molecule has 9 atom stereocenters. The lowest BCUT2D eigenvalue weighted by atomic mass is 10.1. The van der Waals surface area contributed by atoms with Crippen LogP contribution in [0.2, 0.25) is 0 Å². The number of aliphatic hydroxyl groups is 1. The average molecular weight is 1210 g/mol. The van der Waals surface area contributed by atoms with E-state index >= 15 is 0 Å². The number of nitrogens with zero attached hydrogens (tertiary/aromatic N) is 6. The fraction of sp³-hybridized carbons (Fsp3) is 0.677. The van der Waals surface area contributed by atoms with Crippen molar-refractivity contribution in [3.63, 3.8) is 0 Å². The summed E-state index contributed by atoms with van der Waals surface area (Å²) in [6.07, 6.45) is 19.0. The molecule has 0 aliphatic carbocycles. The van der Waals surface area contributed by atoms with Crippen molar-refractivity contribution in [1.29, 1.82) is 5.26 Å². The largest absolute Gasteiger partial charge is 0.394 e. The SMILES string of the molecule is CC(C)=CCC/C(C)=C/CC/C(C)=C/Cn1c(=O)c(C)cn([C@@H]2O[C@H](CO)[C@@H]3OC(C)(C)OC32)c1=O.CC(C)=CCC/C(C)=C/CC/C(C)=C/Cn1c(=O)c(C)cn([C@@H]2O[C@H](COP(OCCC#N)N(C(C)C)C(C)C)[C@@H]3OC(C)(C)OC32)c1=O. The summed E-state index contributed by atoms with van der Waals surface area (Å²) in [6.45, 7) is 36.2. The van der Waals surface area contributed by atoms with E-state index in [0.29, 0.717) is 11.1 Å². The zero-order valence-corrected chi connectivity index (χ0v) is 55.2. The van der Waals surface area contributed by atoms with Gasteiger partial charge in [-0.25, -0.2) is 14.3 Å². The van der Waals surface area contributed by atoms with Gasteiger partial charge in [-0.3, -0.25) is 27.9 Å². The van der Waals surface area contributed by atoms with E-state index < -0.39 is 80.6 Å². The zero-order chi connectivity index (χ0) is 63.1. The first kappa shape index (κ1) is 71.1. The van der Waals surface area contributed by atoms with E-state index in [1.807, 2.05) is 39.8 Å². The van der Waals surface area contributed by atoms with E-state index in [2.05, 4.69) is 104 Å². The molecule has 6 rings (SSSR count). The molecule has 20 heteroatoms. The third kappa shape index (κ3) is 20.2. The van der Waals surface area contributed by atoms with Crippen molar-refractivity contribution in [3.8, 4) is 6.07 Å². The Bertz CT molecular complexity index is 3030. The molecular weight excluding hydrogens is 1100 g/mol. The van der Waals surface area contributed by atoms with Gasteiger partial charge in [-0.05, 0) is 176 Å². The predicted octanol–water partition coefficient (Wildman–Crippen LogP) is 11.6. The van der Waals surface area contributed by atoms with Crippen LogP contribution >= 0.6 is 8.53 Å². The van der Waals surface area contributed by atoms with Crippen LogP contribution in [0.25, 0.3) is 0 Å². The Morgan fingerprint density at radius 3 is 1.38 bits per heavy atom. The van der Waals surface area contributed by atoms with E-state index in [4.69, 9.17) is 42.7 Å². The highest BCUT2D eigenvalue weighted by atomic mass is 31.2. The minimum Gasteiger partial charge on any atom is -0.394 e. The van der Waals surface area contributed by atoms with Crippen LogP contribution in [0.15, 0.2) is 101 Å². The number of fused-ring (bicyclic) bond motifs is 2. The second kappa shape index (κ2) is 32.5. The second-order valence-electron chi connectivity index (χ2n) is 25.0. The molecule has 1 N–H and O–H groups in total. The molecule has 0 aromatic carbocycles. The maximum absolute atomic E-state index is 13.9. The first-order valence-corrected chi connectivity index (χ1v) is 31.5. The van der Waals surface area contributed by atoms with E-state index in [9.17, 15) is 24.3 Å². The molecule has 474 valence electrons. The molecule has 2 aromatic rings. The van der Waals surface area contributed by atoms with E-state index in [1.54, 1.807) is 33.9 Å². The second-order valence-corrected chi connectivity index (χ2v) is 26.5. The monoisotopic (exact) mass is 1200 g/mol. The number of hydrogen-bond acceptors (Lipinski definition) is 15. The topological polar surface area (TPSA) is 209 Å². The number of aliphatic hydroxyl groups excluding tert-OH is 1. The Morgan fingerprint density at radius 2 is 0.988 bits per heavy atom. The van der Waals surface area contributed by atoms with E-state index in [1.165, 1.54) is 46.8 Å². The summed E-state index contributed by atoms with van der Waals surface area (Å²) in [4.78, 5) is 53.4. The number of ether oxygens (including phenoxy) is 6. The molecule has 4 aliphatic rings. The molecule has 0 radical (unpaired) electrons. The Balaban J connectivity index is 0.000000325. The van der Waals surface area contributed by atoms with Crippen LogP contribution in [0.4, 0.5) is 0 Å². The lowest BCUT2D eigenvalue weighted by Crippen LogP contribution is -2.44. The number of aromatic nitrogens is 4. The van der Waals surface area contributed by atoms with Gasteiger partial charge < -0.3 is 42.6 Å². The highest BCUT2D eigenvalue weighted by molar-refractivity contribution is 7.44. The smallest absolute Gasteiger partial charge is 0.333 e. The molecule has 0 amide bonds. The summed E-state index contributed by atoms with van der Waals surface area (Å²) in [5, 5.41) is 18.8. The molecule has 4 aliphatic heterocycles. The standard InChI is InChI=1S/C37H59N4O7P.C28H42N2O6/c1-25(2)15-12-16-28(7)17-13-18-29(8)19-21-39-34(42)30(9)23-40(36(39)43)35-33-32(47-37(10,11)48-33)31(46-35)24-45-49(44-22-14-20-38)41(26(3)4)27(5)6;1-18(2)10-8-11-19(3)12-9-13-20(4)14-15-29-25(32)21(5)16-30(27(29)33)26-24-23(22(17-31)34-26)35-28(6,7)36-24/h15,17,19,23,26-27,31-33,35H,12-14,16,18,21-22,24H2,1-11H3;10,12,14,16,22-24,26,31H,8-9,11,13,15,17H2,1-7H3/b28-17+,29-19+;19-12+,20-14+/t31-,32+,33?,35-,49?;22-,23+,24?,26-/m11/s1. The van der Waals surface area contributed by atoms with Crippen molar-refractivity contribution >= 4 is 8.53 Å². The first-order chi connectivity index (χ1) is 40.0. The highest BCUT2D eigenvalue weighted by Crippen LogP contribution is 2.49. The molecular formula is C65H101N6O13P. The van der Waals surface area contributed by atoms with Gasteiger partial charge in [-0.1, -0.05) is 69.9 Å². The summed E-state index contributed by atoms with van der Waals surface area (Å²) in [7, 11) is -1.51. The third-order valence-electron chi connectivity index (χ3n) is 15.2. The van der Waals surface area contributed by atoms with Gasteiger partial charge in [0.25, 0.3) is 19.6 Å². The molecule has 85 heavy (non-hydrogen) atoms. The van der Waals surface area contributed by atoms with Crippen LogP contribution < -0.4 is 22.5 Å². The van der Waals surface area contributed by atoms with Crippen molar-refractivity contribution in [2.45, 2.75) is 268 Å². The van der Waals surface area contributed by atoms with Crippen molar-refractivity contribution < 1.29 is 42.6 Å². The van der Waals surface area contributed by atoms with Gasteiger partial charge in [0.2, 0.25) is 0 Å². The van der Waals surface area contributed by atoms with E-state index in [-0.39, 0.29) is 62.5 Å². The van der Waals surface area contributed by atoms with Gasteiger partial charge in [0.05, 0.1) is 32.3 Å². The summed E-state index contributed by atoms with van der Waals surface area (Å²) in [5.74, 6) is -1.76. The number of nitriles is 1. The number of rotatable bonds is 28. The molecule has 3 unspecified atom stereocenters. The predicted molar refractivity (Wildman–Crippen MR) is 334 cm³/mol. The quantitative estimate of drug-likeness (QED) is 0.0477. The Kier molecular flexibility index (Phi) is 27.2. The number of hydrogen-bond donors (Lipinski definition) is 1. The summed E-state index contributed by atoms with van der Waals surface area (Å²) in [6, 6.07) is 2.40. The fourth-order valence-corrected chi connectivity index (χ4v) is 12.5. The third-order valence-corrected chi connectivity index (χ3v) is 17.3. The molecule has 0 spiro atoms. The van der Waals surface area contributed by atoms with Crippen molar-refractivity contribution in [2.24, 2.45) is 0 Å². The molecule has 4 fully saturated rings. The minimum absolute atomic E-state index is 0.128. The molecule has 0 bridgehead atoms. The van der Waals surface area contributed by atoms with Gasteiger partial charge in [0.15, 0.2) is 24.0 Å². The van der Waals surface area contributed by atoms with Crippen LogP contribution in [0.1, 0.15) is 192 Å².